The van der Waals surface area contributed by atoms with Crippen molar-refractivity contribution in [1.29, 1.82) is 0 Å². The van der Waals surface area contributed by atoms with Gasteiger partial charge in [0.25, 0.3) is 0 Å². The van der Waals surface area contributed by atoms with Gasteiger partial charge in [-0.3, -0.25) is 0 Å². The van der Waals surface area contributed by atoms with Crippen molar-refractivity contribution in [3.05, 3.63) is 30.2 Å². The largest absolute Gasteiger partial charge is 0.359 e. The van der Waals surface area contributed by atoms with Gasteiger partial charge in [-0.05, 0) is 13.3 Å². The summed E-state index contributed by atoms with van der Waals surface area (Å²) in [7, 11) is 0. The summed E-state index contributed by atoms with van der Waals surface area (Å²) in [5, 5.41) is 10.2. The van der Waals surface area contributed by atoms with E-state index in [1.165, 1.54) is 0 Å². The van der Waals surface area contributed by atoms with Gasteiger partial charge in [-0.15, -0.1) is 30.6 Å². The van der Waals surface area contributed by atoms with Crippen molar-refractivity contribution in [3.63, 3.8) is 0 Å². The molecule has 0 saturated heterocycles. The fraction of sp³-hybridized carbons (Fsp3) is 0.500. The molecule has 0 aliphatic rings. The fourth-order valence-corrected chi connectivity index (χ4v) is 1.26. The minimum Gasteiger partial charge on any atom is -0.359 e. The zero-order valence-corrected chi connectivity index (χ0v) is 13.2. The number of nitrogens with one attached hydrogen (secondary N) is 2. The summed E-state index contributed by atoms with van der Waals surface area (Å²) >= 11 is 0. The first kappa shape index (κ1) is 16.9. The van der Waals surface area contributed by atoms with E-state index in [1.54, 1.807) is 6.08 Å². The van der Waals surface area contributed by atoms with Gasteiger partial charge in [0.1, 0.15) is 6.54 Å². The Morgan fingerprint density at radius 1 is 1.50 bits per heavy atom. The zero-order chi connectivity index (χ0) is 12.5. The van der Waals surface area contributed by atoms with Crippen molar-refractivity contribution in [3.8, 4) is 0 Å². The highest BCUT2D eigenvalue weighted by Gasteiger charge is 2.02. The molecule has 0 aliphatic carbocycles. The maximum Gasteiger partial charge on any atom is 0.191 e. The molecule has 0 radical (unpaired) electrons. The Hall–Kier alpha value is -1.05. The van der Waals surface area contributed by atoms with Crippen molar-refractivity contribution in [2.75, 3.05) is 13.1 Å². The predicted octanol–water partition coefficient (Wildman–Crippen LogP) is 2.10. The van der Waals surface area contributed by atoms with Crippen molar-refractivity contribution in [2.45, 2.75) is 26.8 Å². The molecule has 0 bridgehead atoms. The molecule has 6 heteroatoms. The lowest BCUT2D eigenvalue weighted by Crippen LogP contribution is -2.37. The van der Waals surface area contributed by atoms with Gasteiger partial charge in [-0.2, -0.15) is 0 Å². The predicted molar refractivity (Wildman–Crippen MR) is 84.3 cm³/mol. The van der Waals surface area contributed by atoms with Crippen LogP contribution in [0.3, 0.4) is 0 Å². The Labute approximate surface area is 125 Å². The molecule has 0 unspecified atom stereocenters. The molecular weight excluding hydrogens is 343 g/mol. The highest BCUT2D eigenvalue weighted by atomic mass is 127. The molecule has 0 aromatic carbocycles. The molecule has 1 rings (SSSR count). The Morgan fingerprint density at radius 3 is 2.83 bits per heavy atom. The van der Waals surface area contributed by atoms with E-state index in [9.17, 15) is 0 Å². The van der Waals surface area contributed by atoms with Gasteiger partial charge in [0.15, 0.2) is 11.7 Å². The van der Waals surface area contributed by atoms with E-state index < -0.39 is 0 Å². The third-order valence-electron chi connectivity index (χ3n) is 2.12. The van der Waals surface area contributed by atoms with Crippen molar-refractivity contribution in [2.24, 2.45) is 4.99 Å². The molecule has 1 heterocycles. The summed E-state index contributed by atoms with van der Waals surface area (Å²) in [6, 6.07) is 1.93. The van der Waals surface area contributed by atoms with E-state index in [-0.39, 0.29) is 24.0 Å². The van der Waals surface area contributed by atoms with Crippen molar-refractivity contribution < 1.29 is 4.52 Å². The third-order valence-corrected chi connectivity index (χ3v) is 2.12. The molecule has 2 N–H and O–H groups in total. The summed E-state index contributed by atoms with van der Waals surface area (Å²) < 4.78 is 5.16. The normalized spacial score (nSPS) is 10.7. The SMILES string of the molecule is C=CCNC(=NCc1cc(CC)no1)NCC.I. The first-order chi connectivity index (χ1) is 8.30. The van der Waals surface area contributed by atoms with Gasteiger partial charge < -0.3 is 15.2 Å². The molecule has 0 fully saturated rings. The monoisotopic (exact) mass is 364 g/mol. The van der Waals surface area contributed by atoms with E-state index in [2.05, 4.69) is 27.4 Å². The molecule has 1 aromatic rings. The lowest BCUT2D eigenvalue weighted by atomic mass is 10.3. The van der Waals surface area contributed by atoms with Gasteiger partial charge >= 0.3 is 0 Å². The number of nitrogens with zero attached hydrogens (tertiary/aromatic N) is 2. The zero-order valence-electron chi connectivity index (χ0n) is 10.9. The Morgan fingerprint density at radius 2 is 2.28 bits per heavy atom. The second kappa shape index (κ2) is 9.93. The third kappa shape index (κ3) is 6.04. The topological polar surface area (TPSA) is 62.5 Å². The second-order valence-electron chi connectivity index (χ2n) is 3.50. The van der Waals surface area contributed by atoms with E-state index in [0.29, 0.717) is 13.1 Å². The number of aliphatic imine (C=N–C) groups is 1. The number of rotatable bonds is 6. The fourth-order valence-electron chi connectivity index (χ4n) is 1.26. The lowest BCUT2D eigenvalue weighted by Gasteiger charge is -2.08. The average Bonchev–Trinajstić information content (AvgIpc) is 2.80. The van der Waals surface area contributed by atoms with Gasteiger partial charge in [0.05, 0.1) is 5.69 Å². The van der Waals surface area contributed by atoms with E-state index in [1.807, 2.05) is 19.9 Å². The molecule has 102 valence electrons. The van der Waals surface area contributed by atoms with Crippen LogP contribution in [0, 0.1) is 0 Å². The van der Waals surface area contributed by atoms with E-state index >= 15 is 0 Å². The summed E-state index contributed by atoms with van der Waals surface area (Å²) in [5.74, 6) is 1.53. The summed E-state index contributed by atoms with van der Waals surface area (Å²) in [5.41, 5.74) is 0.958. The summed E-state index contributed by atoms with van der Waals surface area (Å²) in [6.07, 6.45) is 2.67. The van der Waals surface area contributed by atoms with Crippen LogP contribution in [0.5, 0.6) is 0 Å². The molecule has 0 saturated carbocycles. The summed E-state index contributed by atoms with van der Waals surface area (Å²) in [4.78, 5) is 4.38. The van der Waals surface area contributed by atoms with Crippen LogP contribution in [0.2, 0.25) is 0 Å². The van der Waals surface area contributed by atoms with Crippen LogP contribution in [0.25, 0.3) is 0 Å². The number of aryl methyl sites for hydroxylation is 1. The smallest absolute Gasteiger partial charge is 0.191 e. The number of hydrogen-bond acceptors (Lipinski definition) is 3. The highest BCUT2D eigenvalue weighted by Crippen LogP contribution is 2.05. The molecule has 0 spiro atoms. The summed E-state index contributed by atoms with van der Waals surface area (Å²) in [6.45, 7) is 9.70. The number of guanidine groups is 1. The van der Waals surface area contributed by atoms with E-state index in [0.717, 1.165) is 30.4 Å². The first-order valence-corrected chi connectivity index (χ1v) is 5.87. The highest BCUT2D eigenvalue weighted by molar-refractivity contribution is 14.0. The van der Waals surface area contributed by atoms with Gasteiger partial charge in [0.2, 0.25) is 0 Å². The maximum absolute atomic E-state index is 5.16. The number of aromatic nitrogens is 1. The Kier molecular flexibility index (Phi) is 9.35. The van der Waals surface area contributed by atoms with Crippen LogP contribution < -0.4 is 10.6 Å². The number of hydrogen-bond donors (Lipinski definition) is 2. The van der Waals surface area contributed by atoms with Crippen LogP contribution >= 0.6 is 24.0 Å². The van der Waals surface area contributed by atoms with Crippen LogP contribution in [0.15, 0.2) is 28.2 Å². The van der Waals surface area contributed by atoms with Crippen LogP contribution in [-0.4, -0.2) is 24.2 Å². The van der Waals surface area contributed by atoms with Crippen LogP contribution in [0.4, 0.5) is 0 Å². The van der Waals surface area contributed by atoms with Gasteiger partial charge in [0, 0.05) is 19.2 Å². The lowest BCUT2D eigenvalue weighted by molar-refractivity contribution is 0.379. The number of halogens is 1. The molecule has 0 amide bonds. The molecule has 5 nitrogen and oxygen atoms in total. The molecule has 0 aliphatic heterocycles. The van der Waals surface area contributed by atoms with Gasteiger partial charge in [-0.25, -0.2) is 4.99 Å². The van der Waals surface area contributed by atoms with Gasteiger partial charge in [-0.1, -0.05) is 18.2 Å². The minimum absolute atomic E-state index is 0. The Balaban J connectivity index is 0.00000289. The molecule has 18 heavy (non-hydrogen) atoms. The van der Waals surface area contributed by atoms with E-state index in [4.69, 9.17) is 4.52 Å². The standard InChI is InChI=1S/C12H20N4O.HI/c1-4-7-14-12(13-6-3)15-9-11-8-10(5-2)16-17-11;/h4,8H,1,5-7,9H2,2-3H3,(H2,13,14,15);1H. The van der Waals surface area contributed by atoms with Crippen molar-refractivity contribution >= 4 is 29.9 Å². The van der Waals surface area contributed by atoms with Crippen molar-refractivity contribution in [1.82, 2.24) is 15.8 Å². The molecular formula is C12H21IN4O. The average molecular weight is 364 g/mol. The maximum atomic E-state index is 5.16. The Bertz CT molecular complexity index is 376. The molecule has 0 atom stereocenters. The second-order valence-corrected chi connectivity index (χ2v) is 3.50. The quantitative estimate of drug-likeness (QED) is 0.351. The minimum atomic E-state index is 0. The van der Waals surface area contributed by atoms with Crippen LogP contribution in [0.1, 0.15) is 25.3 Å². The first-order valence-electron chi connectivity index (χ1n) is 5.87. The molecule has 1 aromatic heterocycles. The van der Waals surface area contributed by atoms with Crippen LogP contribution in [-0.2, 0) is 13.0 Å².